The molecule has 0 amide bonds. The summed E-state index contributed by atoms with van der Waals surface area (Å²) in [6.07, 6.45) is 6.65. The number of hydrogen-bond acceptors (Lipinski definition) is 1. The van der Waals surface area contributed by atoms with Crippen molar-refractivity contribution < 1.29 is 0 Å². The van der Waals surface area contributed by atoms with Gasteiger partial charge in [-0.15, -0.1) is 0 Å². The molecule has 17 heavy (non-hydrogen) atoms. The topological polar surface area (TPSA) is 12.0 Å². The van der Waals surface area contributed by atoms with Gasteiger partial charge in [0.05, 0.1) is 0 Å². The first-order chi connectivity index (χ1) is 8.18. The van der Waals surface area contributed by atoms with E-state index in [1.54, 1.807) is 5.56 Å². The molecule has 1 aromatic carbocycles. The summed E-state index contributed by atoms with van der Waals surface area (Å²) < 4.78 is 0. The van der Waals surface area contributed by atoms with E-state index in [0.717, 1.165) is 6.04 Å². The van der Waals surface area contributed by atoms with E-state index in [1.807, 2.05) is 0 Å². The van der Waals surface area contributed by atoms with Gasteiger partial charge in [0.1, 0.15) is 0 Å². The zero-order chi connectivity index (χ0) is 12.3. The SMILES string of the molecule is Cc1ccc(CCC2CCCCN2)c(C)c1C. The van der Waals surface area contributed by atoms with Crippen LogP contribution in [0.5, 0.6) is 0 Å². The van der Waals surface area contributed by atoms with Crippen LogP contribution in [-0.2, 0) is 6.42 Å². The van der Waals surface area contributed by atoms with Gasteiger partial charge >= 0.3 is 0 Å². The Morgan fingerprint density at radius 3 is 2.65 bits per heavy atom. The number of nitrogens with one attached hydrogen (secondary N) is 1. The van der Waals surface area contributed by atoms with Crippen molar-refractivity contribution in [3.8, 4) is 0 Å². The van der Waals surface area contributed by atoms with Crippen LogP contribution in [0.4, 0.5) is 0 Å². The third-order valence-corrected chi connectivity index (χ3v) is 4.34. The molecule has 1 aliphatic heterocycles. The summed E-state index contributed by atoms with van der Waals surface area (Å²) in [6, 6.07) is 5.34. The lowest BCUT2D eigenvalue weighted by atomic mass is 9.93. The summed E-state index contributed by atoms with van der Waals surface area (Å²) in [7, 11) is 0. The highest BCUT2D eigenvalue weighted by Crippen LogP contribution is 2.20. The monoisotopic (exact) mass is 231 g/mol. The maximum atomic E-state index is 3.63. The number of rotatable bonds is 3. The quantitative estimate of drug-likeness (QED) is 0.836. The minimum absolute atomic E-state index is 0.754. The Balaban J connectivity index is 1.96. The zero-order valence-electron chi connectivity index (χ0n) is 11.5. The first-order valence-electron chi connectivity index (χ1n) is 6.97. The first-order valence-corrected chi connectivity index (χ1v) is 6.97. The van der Waals surface area contributed by atoms with E-state index in [-0.39, 0.29) is 0 Å². The average Bonchev–Trinajstić information content (AvgIpc) is 2.36. The lowest BCUT2D eigenvalue weighted by Crippen LogP contribution is -2.34. The number of hydrogen-bond donors (Lipinski definition) is 1. The third kappa shape index (κ3) is 3.10. The molecule has 0 radical (unpaired) electrons. The maximum Gasteiger partial charge on any atom is 0.00702 e. The van der Waals surface area contributed by atoms with Crippen LogP contribution in [-0.4, -0.2) is 12.6 Å². The summed E-state index contributed by atoms with van der Waals surface area (Å²) in [5, 5.41) is 3.63. The van der Waals surface area contributed by atoms with Gasteiger partial charge in [-0.3, -0.25) is 0 Å². The van der Waals surface area contributed by atoms with Crippen molar-refractivity contribution in [2.45, 2.75) is 58.9 Å². The van der Waals surface area contributed by atoms with Gasteiger partial charge in [-0.2, -0.15) is 0 Å². The molecule has 1 aliphatic rings. The third-order valence-electron chi connectivity index (χ3n) is 4.34. The van der Waals surface area contributed by atoms with Crippen molar-refractivity contribution in [2.75, 3.05) is 6.54 Å². The number of aryl methyl sites for hydroxylation is 2. The molecular formula is C16H25N. The summed E-state index contributed by atoms with van der Waals surface area (Å²) in [4.78, 5) is 0. The fourth-order valence-corrected chi connectivity index (χ4v) is 2.78. The molecule has 2 rings (SSSR count). The average molecular weight is 231 g/mol. The molecule has 1 heterocycles. The Hall–Kier alpha value is -0.820. The van der Waals surface area contributed by atoms with E-state index in [2.05, 4.69) is 38.2 Å². The van der Waals surface area contributed by atoms with Gasteiger partial charge in [0.2, 0.25) is 0 Å². The second kappa shape index (κ2) is 5.68. The molecule has 0 aliphatic carbocycles. The van der Waals surface area contributed by atoms with Gasteiger partial charge in [-0.25, -0.2) is 0 Å². The number of benzene rings is 1. The molecule has 1 atom stereocenters. The highest BCUT2D eigenvalue weighted by molar-refractivity contribution is 5.38. The van der Waals surface area contributed by atoms with Gasteiger partial charge in [0, 0.05) is 6.04 Å². The second-order valence-corrected chi connectivity index (χ2v) is 5.48. The van der Waals surface area contributed by atoms with Crippen LogP contribution in [0.2, 0.25) is 0 Å². The van der Waals surface area contributed by atoms with E-state index in [1.165, 1.54) is 55.3 Å². The summed E-state index contributed by atoms with van der Waals surface area (Å²) in [5.74, 6) is 0. The smallest absolute Gasteiger partial charge is 0.00702 e. The fourth-order valence-electron chi connectivity index (χ4n) is 2.78. The number of piperidine rings is 1. The van der Waals surface area contributed by atoms with Crippen molar-refractivity contribution in [3.63, 3.8) is 0 Å². The molecule has 1 heteroatoms. The highest BCUT2D eigenvalue weighted by atomic mass is 14.9. The second-order valence-electron chi connectivity index (χ2n) is 5.48. The van der Waals surface area contributed by atoms with Crippen molar-refractivity contribution in [3.05, 3.63) is 34.4 Å². The van der Waals surface area contributed by atoms with Gasteiger partial charge in [-0.05, 0) is 75.3 Å². The molecule has 1 unspecified atom stereocenters. The van der Waals surface area contributed by atoms with Crippen LogP contribution < -0.4 is 5.32 Å². The highest BCUT2D eigenvalue weighted by Gasteiger charge is 2.13. The van der Waals surface area contributed by atoms with E-state index in [4.69, 9.17) is 0 Å². The summed E-state index contributed by atoms with van der Waals surface area (Å²) in [5.41, 5.74) is 5.93. The molecule has 1 saturated heterocycles. The lowest BCUT2D eigenvalue weighted by molar-refractivity contribution is 0.382. The molecule has 0 saturated carbocycles. The van der Waals surface area contributed by atoms with Crippen molar-refractivity contribution in [1.29, 1.82) is 0 Å². The minimum atomic E-state index is 0.754. The molecule has 1 N–H and O–H groups in total. The Bertz CT molecular complexity index is 375. The summed E-state index contributed by atoms with van der Waals surface area (Å²) >= 11 is 0. The summed E-state index contributed by atoms with van der Waals surface area (Å²) in [6.45, 7) is 7.93. The normalized spacial score (nSPS) is 20.5. The first kappa shape index (κ1) is 12.6. The van der Waals surface area contributed by atoms with Gasteiger partial charge in [0.15, 0.2) is 0 Å². The molecular weight excluding hydrogens is 206 g/mol. The molecule has 1 fully saturated rings. The fraction of sp³-hybridized carbons (Fsp3) is 0.625. The Labute approximate surface area is 106 Å². The van der Waals surface area contributed by atoms with E-state index in [9.17, 15) is 0 Å². The molecule has 0 aromatic heterocycles. The van der Waals surface area contributed by atoms with E-state index < -0.39 is 0 Å². The predicted molar refractivity (Wildman–Crippen MR) is 74.6 cm³/mol. The van der Waals surface area contributed by atoms with E-state index in [0.29, 0.717) is 0 Å². The van der Waals surface area contributed by atoms with Gasteiger partial charge in [0.25, 0.3) is 0 Å². The van der Waals surface area contributed by atoms with Crippen molar-refractivity contribution >= 4 is 0 Å². The van der Waals surface area contributed by atoms with Crippen LogP contribution in [0.25, 0.3) is 0 Å². The van der Waals surface area contributed by atoms with Crippen LogP contribution in [0, 0.1) is 20.8 Å². The zero-order valence-corrected chi connectivity index (χ0v) is 11.5. The molecule has 0 bridgehead atoms. The van der Waals surface area contributed by atoms with Crippen molar-refractivity contribution in [2.24, 2.45) is 0 Å². The standard InChI is InChI=1S/C16H25N/c1-12-7-8-15(14(3)13(12)2)9-10-16-6-4-5-11-17-16/h7-8,16-17H,4-6,9-11H2,1-3H3. The minimum Gasteiger partial charge on any atom is -0.314 e. The maximum absolute atomic E-state index is 3.63. The molecule has 1 aromatic rings. The van der Waals surface area contributed by atoms with Gasteiger partial charge in [-0.1, -0.05) is 18.6 Å². The van der Waals surface area contributed by atoms with Crippen LogP contribution in [0.3, 0.4) is 0 Å². The molecule has 94 valence electrons. The van der Waals surface area contributed by atoms with Crippen molar-refractivity contribution in [1.82, 2.24) is 5.32 Å². The largest absolute Gasteiger partial charge is 0.314 e. The Morgan fingerprint density at radius 1 is 1.12 bits per heavy atom. The predicted octanol–water partition coefficient (Wildman–Crippen LogP) is 3.69. The Kier molecular flexibility index (Phi) is 4.22. The Morgan fingerprint density at radius 2 is 1.94 bits per heavy atom. The molecule has 1 nitrogen and oxygen atoms in total. The van der Waals surface area contributed by atoms with Crippen LogP contribution >= 0.6 is 0 Å². The molecule has 0 spiro atoms. The van der Waals surface area contributed by atoms with Crippen LogP contribution in [0.15, 0.2) is 12.1 Å². The van der Waals surface area contributed by atoms with E-state index >= 15 is 0 Å². The van der Waals surface area contributed by atoms with Crippen LogP contribution in [0.1, 0.15) is 47.9 Å². The van der Waals surface area contributed by atoms with Gasteiger partial charge < -0.3 is 5.32 Å². The lowest BCUT2D eigenvalue weighted by Gasteiger charge is -2.23.